The number of carboxylic acids is 1. The Bertz CT molecular complexity index is 494. The van der Waals surface area contributed by atoms with E-state index in [0.29, 0.717) is 19.3 Å². The number of carbonyl (C=O) groups is 1. The lowest BCUT2D eigenvalue weighted by molar-refractivity contribution is -0.141. The Morgan fingerprint density at radius 3 is 2.48 bits per heavy atom. The summed E-state index contributed by atoms with van der Waals surface area (Å²) in [6, 6.07) is 1.67. The van der Waals surface area contributed by atoms with Crippen LogP contribution in [0.1, 0.15) is 31.7 Å². The highest BCUT2D eigenvalue weighted by Crippen LogP contribution is 2.21. The van der Waals surface area contributed by atoms with Crippen LogP contribution >= 0.6 is 0 Å². The number of aliphatic carboxylic acids is 1. The van der Waals surface area contributed by atoms with Gasteiger partial charge in [0.15, 0.2) is 11.6 Å². The SMILES string of the molecule is CC(CCCc1c(F)ccc(F)c1F)CC(CN)C(=O)O. The molecular weight excluding hydrogens is 283 g/mol. The molecule has 0 aliphatic rings. The van der Waals surface area contributed by atoms with E-state index in [9.17, 15) is 18.0 Å². The molecule has 0 amide bonds. The molecule has 21 heavy (non-hydrogen) atoms. The van der Waals surface area contributed by atoms with Crippen molar-refractivity contribution in [2.45, 2.75) is 32.6 Å². The lowest BCUT2D eigenvalue weighted by Crippen LogP contribution is -2.25. The molecule has 118 valence electrons. The van der Waals surface area contributed by atoms with Gasteiger partial charge in [-0.3, -0.25) is 4.79 Å². The minimum atomic E-state index is -1.15. The number of nitrogens with two attached hydrogens (primary N) is 1. The molecule has 0 heterocycles. The summed E-state index contributed by atoms with van der Waals surface area (Å²) in [5, 5.41) is 8.91. The third-order valence-corrected chi connectivity index (χ3v) is 3.58. The van der Waals surface area contributed by atoms with Crippen molar-refractivity contribution in [3.63, 3.8) is 0 Å². The zero-order chi connectivity index (χ0) is 16.0. The van der Waals surface area contributed by atoms with Crippen molar-refractivity contribution in [2.24, 2.45) is 17.6 Å². The van der Waals surface area contributed by atoms with Gasteiger partial charge in [-0.15, -0.1) is 0 Å². The summed E-state index contributed by atoms with van der Waals surface area (Å²) in [6.45, 7) is 1.93. The standard InChI is InChI=1S/C15H20F3NO2/c1-9(7-10(8-19)15(20)21)3-2-4-11-12(16)5-6-13(17)14(11)18/h5-6,9-10H,2-4,7-8,19H2,1H3,(H,20,21). The molecular formula is C15H20F3NO2. The molecule has 0 aliphatic carbocycles. The predicted molar refractivity (Wildman–Crippen MR) is 73.2 cm³/mol. The summed E-state index contributed by atoms with van der Waals surface area (Å²) < 4.78 is 39.9. The molecule has 2 atom stereocenters. The second-order valence-electron chi connectivity index (χ2n) is 5.33. The first-order valence-corrected chi connectivity index (χ1v) is 6.92. The zero-order valence-electron chi connectivity index (χ0n) is 11.9. The summed E-state index contributed by atoms with van der Waals surface area (Å²) >= 11 is 0. The first-order chi connectivity index (χ1) is 9.86. The van der Waals surface area contributed by atoms with Crippen LogP contribution in [-0.4, -0.2) is 17.6 Å². The highest BCUT2D eigenvalue weighted by atomic mass is 19.2. The average molecular weight is 303 g/mol. The molecule has 0 aromatic heterocycles. The van der Waals surface area contributed by atoms with Crippen molar-refractivity contribution in [1.29, 1.82) is 0 Å². The van der Waals surface area contributed by atoms with E-state index in [1.165, 1.54) is 0 Å². The average Bonchev–Trinajstić information content (AvgIpc) is 2.43. The summed E-state index contributed by atoms with van der Waals surface area (Å²) in [7, 11) is 0. The first kappa shape index (κ1) is 17.5. The van der Waals surface area contributed by atoms with Crippen LogP contribution in [0.5, 0.6) is 0 Å². The Labute approximate surface area is 122 Å². The number of hydrogen-bond acceptors (Lipinski definition) is 2. The van der Waals surface area contributed by atoms with Crippen molar-refractivity contribution < 1.29 is 23.1 Å². The number of benzene rings is 1. The summed E-state index contributed by atoms with van der Waals surface area (Å²) in [4.78, 5) is 10.9. The first-order valence-electron chi connectivity index (χ1n) is 6.92. The van der Waals surface area contributed by atoms with Gasteiger partial charge in [0.2, 0.25) is 0 Å². The fraction of sp³-hybridized carbons (Fsp3) is 0.533. The lowest BCUT2D eigenvalue weighted by Gasteiger charge is -2.16. The van der Waals surface area contributed by atoms with Gasteiger partial charge < -0.3 is 10.8 Å². The molecule has 0 bridgehead atoms. The molecule has 0 saturated heterocycles. The third-order valence-electron chi connectivity index (χ3n) is 3.58. The molecule has 0 fully saturated rings. The Morgan fingerprint density at radius 2 is 1.90 bits per heavy atom. The van der Waals surface area contributed by atoms with Crippen molar-refractivity contribution >= 4 is 5.97 Å². The van der Waals surface area contributed by atoms with E-state index in [-0.39, 0.29) is 24.4 Å². The number of rotatable bonds is 8. The zero-order valence-corrected chi connectivity index (χ0v) is 11.9. The van der Waals surface area contributed by atoms with E-state index in [2.05, 4.69) is 0 Å². The smallest absolute Gasteiger partial charge is 0.307 e. The van der Waals surface area contributed by atoms with Gasteiger partial charge in [-0.05, 0) is 37.3 Å². The van der Waals surface area contributed by atoms with Crippen molar-refractivity contribution in [3.8, 4) is 0 Å². The largest absolute Gasteiger partial charge is 0.481 e. The molecule has 2 unspecified atom stereocenters. The summed E-state index contributed by atoms with van der Waals surface area (Å²) in [5.41, 5.74) is 5.12. The molecule has 0 saturated carbocycles. The van der Waals surface area contributed by atoms with Crippen molar-refractivity contribution in [1.82, 2.24) is 0 Å². The second kappa shape index (κ2) is 8.02. The minimum absolute atomic E-state index is 0.0623. The van der Waals surface area contributed by atoms with Crippen LogP contribution in [0, 0.1) is 29.3 Å². The summed E-state index contributed by atoms with van der Waals surface area (Å²) in [6.07, 6.45) is 1.55. The Kier molecular flexibility index (Phi) is 6.68. The fourth-order valence-electron chi connectivity index (χ4n) is 2.33. The molecule has 1 aromatic rings. The summed E-state index contributed by atoms with van der Waals surface area (Å²) in [5.74, 6) is -4.45. The third kappa shape index (κ3) is 5.04. The van der Waals surface area contributed by atoms with Crippen LogP contribution in [0.2, 0.25) is 0 Å². The number of hydrogen-bond donors (Lipinski definition) is 2. The maximum Gasteiger partial charge on any atom is 0.307 e. The van der Waals surface area contributed by atoms with Crippen LogP contribution in [-0.2, 0) is 11.2 Å². The van der Waals surface area contributed by atoms with Crippen LogP contribution in [0.25, 0.3) is 0 Å². The Balaban J connectivity index is 2.50. The normalized spacial score (nSPS) is 14.0. The van der Waals surface area contributed by atoms with E-state index in [4.69, 9.17) is 10.8 Å². The molecule has 1 rings (SSSR count). The molecule has 3 N–H and O–H groups in total. The second-order valence-corrected chi connectivity index (χ2v) is 5.33. The topological polar surface area (TPSA) is 63.3 Å². The molecule has 0 aliphatic heterocycles. The number of carboxylic acid groups (broad SMARTS) is 1. The van der Waals surface area contributed by atoms with Crippen LogP contribution in [0.3, 0.4) is 0 Å². The number of halogens is 3. The van der Waals surface area contributed by atoms with Gasteiger partial charge in [-0.2, -0.15) is 0 Å². The van der Waals surface area contributed by atoms with Crippen LogP contribution in [0.4, 0.5) is 13.2 Å². The molecule has 1 aromatic carbocycles. The van der Waals surface area contributed by atoms with Gasteiger partial charge >= 0.3 is 5.97 Å². The Morgan fingerprint density at radius 1 is 1.29 bits per heavy atom. The minimum Gasteiger partial charge on any atom is -0.481 e. The fourth-order valence-corrected chi connectivity index (χ4v) is 2.33. The maximum absolute atomic E-state index is 13.4. The highest BCUT2D eigenvalue weighted by Gasteiger charge is 2.19. The van der Waals surface area contributed by atoms with E-state index >= 15 is 0 Å². The maximum atomic E-state index is 13.4. The quantitative estimate of drug-likeness (QED) is 0.725. The van der Waals surface area contributed by atoms with Crippen molar-refractivity contribution in [2.75, 3.05) is 6.54 Å². The van der Waals surface area contributed by atoms with Crippen molar-refractivity contribution in [3.05, 3.63) is 35.1 Å². The monoisotopic (exact) mass is 303 g/mol. The van der Waals surface area contributed by atoms with Gasteiger partial charge in [-0.1, -0.05) is 13.3 Å². The highest BCUT2D eigenvalue weighted by molar-refractivity contribution is 5.70. The molecule has 6 heteroatoms. The predicted octanol–water partition coefficient (Wildman–Crippen LogP) is 3.11. The van der Waals surface area contributed by atoms with E-state index < -0.39 is 29.3 Å². The molecule has 0 radical (unpaired) electrons. The molecule has 3 nitrogen and oxygen atoms in total. The van der Waals surface area contributed by atoms with Gasteiger partial charge in [0, 0.05) is 12.1 Å². The van der Waals surface area contributed by atoms with E-state index in [0.717, 1.165) is 12.1 Å². The molecule has 0 spiro atoms. The van der Waals surface area contributed by atoms with E-state index in [1.54, 1.807) is 0 Å². The van der Waals surface area contributed by atoms with Gasteiger partial charge in [0.1, 0.15) is 5.82 Å². The van der Waals surface area contributed by atoms with E-state index in [1.807, 2.05) is 6.92 Å². The van der Waals surface area contributed by atoms with Gasteiger partial charge in [0.05, 0.1) is 5.92 Å². The Hall–Kier alpha value is -1.56. The van der Waals surface area contributed by atoms with Gasteiger partial charge in [-0.25, -0.2) is 13.2 Å². The lowest BCUT2D eigenvalue weighted by atomic mass is 9.91. The van der Waals surface area contributed by atoms with Gasteiger partial charge in [0.25, 0.3) is 0 Å². The van der Waals surface area contributed by atoms with Crippen LogP contribution < -0.4 is 5.73 Å². The van der Waals surface area contributed by atoms with Crippen LogP contribution in [0.15, 0.2) is 12.1 Å².